The van der Waals surface area contributed by atoms with Crippen LogP contribution in [0.2, 0.25) is 0 Å². The molecule has 0 unspecified atom stereocenters. The number of carbonyl (C=O) groups is 5. The molecular weight excluding hydrogens is 710 g/mol. The number of fused-ring (bicyclic) bond motifs is 5. The number of esters is 1. The summed E-state index contributed by atoms with van der Waals surface area (Å²) in [5.41, 5.74) is -0.130. The number of ether oxygens (including phenoxy) is 1. The molecule has 14 heteroatoms. The van der Waals surface area contributed by atoms with Gasteiger partial charge in [0.05, 0.1) is 16.8 Å². The maximum Gasteiger partial charge on any atom is 0.353 e. The van der Waals surface area contributed by atoms with Gasteiger partial charge >= 0.3 is 5.97 Å². The largest absolute Gasteiger partial charge is 0.422 e. The molecule has 220 valence electrons. The van der Waals surface area contributed by atoms with E-state index in [1.165, 1.54) is 47.7 Å². The average Bonchev–Trinajstić information content (AvgIpc) is 3.78. The number of ketones is 1. The van der Waals surface area contributed by atoms with Crippen molar-refractivity contribution in [2.24, 2.45) is 23.7 Å². The number of carbonyl (C=O) groups excluding carboxylic acids is 5. The minimum atomic E-state index is -0.829. The van der Waals surface area contributed by atoms with Crippen molar-refractivity contribution in [1.82, 2.24) is 10.0 Å². The number of non-ortho nitro benzene ring substituents is 1. The average molecular weight is 731 g/mol. The summed E-state index contributed by atoms with van der Waals surface area (Å²) in [6, 6.07) is 13.7. The van der Waals surface area contributed by atoms with Gasteiger partial charge in [-0.05, 0) is 66.1 Å². The third kappa shape index (κ3) is 5.10. The molecule has 2 aliphatic carbocycles. The highest BCUT2D eigenvalue weighted by atomic mass is 79.9. The number of benzene rings is 2. The van der Waals surface area contributed by atoms with Gasteiger partial charge in [-0.15, -0.1) is 11.3 Å². The Morgan fingerprint density at radius 3 is 2.05 bits per heavy atom. The van der Waals surface area contributed by atoms with Gasteiger partial charge < -0.3 is 4.74 Å². The van der Waals surface area contributed by atoms with E-state index in [4.69, 9.17) is 4.74 Å². The van der Waals surface area contributed by atoms with E-state index in [1.54, 1.807) is 17.5 Å². The normalized spacial score (nSPS) is 25.5. The highest BCUT2D eigenvalue weighted by molar-refractivity contribution is 9.12. The van der Waals surface area contributed by atoms with E-state index < -0.39 is 52.8 Å². The van der Waals surface area contributed by atoms with E-state index in [0.29, 0.717) is 11.3 Å². The van der Waals surface area contributed by atoms with E-state index in [1.807, 2.05) is 0 Å². The molecule has 11 nitrogen and oxygen atoms in total. The summed E-state index contributed by atoms with van der Waals surface area (Å²) in [6.45, 7) is -0.647. The van der Waals surface area contributed by atoms with Crippen molar-refractivity contribution in [2.75, 3.05) is 6.54 Å². The van der Waals surface area contributed by atoms with Crippen LogP contribution in [-0.4, -0.2) is 60.6 Å². The lowest BCUT2D eigenvalue weighted by Crippen LogP contribution is -2.52. The molecule has 1 aromatic heterocycles. The van der Waals surface area contributed by atoms with Gasteiger partial charge in [-0.2, -0.15) is 5.01 Å². The predicted octanol–water partition coefficient (Wildman–Crippen LogP) is 4.89. The topological polar surface area (TPSA) is 144 Å². The highest BCUT2D eigenvalue weighted by Crippen LogP contribution is 2.60. The zero-order chi connectivity index (χ0) is 30.6. The number of nitrogens with zero attached hydrogens (tertiary/aromatic N) is 3. The van der Waals surface area contributed by atoms with Crippen LogP contribution >= 0.6 is 43.2 Å². The summed E-state index contributed by atoms with van der Waals surface area (Å²) in [5.74, 6) is -4.34. The summed E-state index contributed by atoms with van der Waals surface area (Å²) < 4.78 is 5.33. The predicted molar refractivity (Wildman–Crippen MR) is 160 cm³/mol. The molecular formula is C29H21Br2N3O8S. The Kier molecular flexibility index (Phi) is 7.77. The Balaban J connectivity index is 1.27. The molecule has 2 aromatic carbocycles. The second-order valence-electron chi connectivity index (χ2n) is 10.5. The molecule has 0 spiro atoms. The number of rotatable bonds is 8. The summed E-state index contributed by atoms with van der Waals surface area (Å²) >= 11 is 8.50. The van der Waals surface area contributed by atoms with Crippen molar-refractivity contribution in [3.8, 4) is 5.75 Å². The van der Waals surface area contributed by atoms with Crippen molar-refractivity contribution < 1.29 is 33.6 Å². The molecule has 2 heterocycles. The Morgan fingerprint density at radius 1 is 0.930 bits per heavy atom. The summed E-state index contributed by atoms with van der Waals surface area (Å²) in [6.07, 6.45) is 0.686. The second-order valence-corrected chi connectivity index (χ2v) is 13.5. The lowest BCUT2D eigenvalue weighted by molar-refractivity contribution is -0.384. The fourth-order valence-electron chi connectivity index (χ4n) is 6.17. The summed E-state index contributed by atoms with van der Waals surface area (Å²) in [5, 5.41) is 14.5. The SMILES string of the molecule is O=C(CN(C(=O)c1ccc([N+](=O)[O-])cc1)N1C(=O)[C@@H]2[C@H]3C[C@@H]([C@H](Br)[C@H]3Br)[C@@H]2C1=O)c1ccc(OC(=O)c2cccs2)cc1. The molecule has 6 rings (SSSR count). The van der Waals surface area contributed by atoms with Gasteiger partial charge in [-0.1, -0.05) is 37.9 Å². The van der Waals surface area contributed by atoms with E-state index >= 15 is 0 Å². The Labute approximate surface area is 265 Å². The minimum Gasteiger partial charge on any atom is -0.422 e. The quantitative estimate of drug-likeness (QED) is 0.0606. The van der Waals surface area contributed by atoms with Crippen molar-refractivity contribution in [3.63, 3.8) is 0 Å². The van der Waals surface area contributed by atoms with E-state index in [2.05, 4.69) is 31.9 Å². The smallest absolute Gasteiger partial charge is 0.353 e. The molecule has 2 saturated carbocycles. The number of halogens is 2. The van der Waals surface area contributed by atoms with Crippen LogP contribution in [0, 0.1) is 33.8 Å². The van der Waals surface area contributed by atoms with Gasteiger partial charge in [0, 0.05) is 32.9 Å². The second kappa shape index (κ2) is 11.4. The number of alkyl halides is 2. The zero-order valence-corrected chi connectivity index (χ0v) is 26.0. The van der Waals surface area contributed by atoms with Gasteiger partial charge in [0.15, 0.2) is 5.78 Å². The number of hydrazine groups is 1. The standard InChI is InChI=1S/C29H21Br2N3O8S/c30-24-18-12-19(25(24)31)23-22(18)27(37)33(28(23)38)32(26(36)15-3-7-16(8-4-15)34(40)41)13-20(35)14-5-9-17(10-6-14)42-29(39)21-2-1-11-43-21/h1-11,18-19,22-25H,12-13H2/t18-,19-,22-,23+,24+,25+/m1/s1. The van der Waals surface area contributed by atoms with Crippen LogP contribution in [0.5, 0.6) is 5.75 Å². The molecule has 3 aliphatic rings. The highest BCUT2D eigenvalue weighted by Gasteiger charge is 2.67. The van der Waals surface area contributed by atoms with Crippen LogP contribution in [0.15, 0.2) is 66.0 Å². The number of amides is 3. The van der Waals surface area contributed by atoms with Gasteiger partial charge in [-0.25, -0.2) is 9.80 Å². The first-order valence-electron chi connectivity index (χ1n) is 13.2. The molecule has 0 N–H and O–H groups in total. The van der Waals surface area contributed by atoms with E-state index in [0.717, 1.165) is 22.2 Å². The molecule has 6 atom stereocenters. The van der Waals surface area contributed by atoms with E-state index in [9.17, 15) is 34.1 Å². The van der Waals surface area contributed by atoms with Crippen LogP contribution < -0.4 is 4.74 Å². The number of Topliss-reactive ketones (excluding diaryl/α,β-unsaturated/α-hetero) is 1. The Hall–Kier alpha value is -3.75. The first-order chi connectivity index (χ1) is 20.6. The third-order valence-corrected chi connectivity index (χ3v) is 12.2. The maximum absolute atomic E-state index is 13.8. The first-order valence-corrected chi connectivity index (χ1v) is 15.9. The van der Waals surface area contributed by atoms with Crippen molar-refractivity contribution >= 4 is 78.4 Å². The molecule has 43 heavy (non-hydrogen) atoms. The Morgan fingerprint density at radius 2 is 1.51 bits per heavy atom. The fraction of sp³-hybridized carbons (Fsp3) is 0.276. The van der Waals surface area contributed by atoms with Gasteiger partial charge in [-0.3, -0.25) is 29.3 Å². The maximum atomic E-state index is 13.8. The van der Waals surface area contributed by atoms with Crippen molar-refractivity contribution in [2.45, 2.75) is 16.1 Å². The van der Waals surface area contributed by atoms with Crippen molar-refractivity contribution in [3.05, 3.63) is 92.2 Å². The van der Waals surface area contributed by atoms with Crippen LogP contribution in [0.25, 0.3) is 0 Å². The number of hydrogen-bond donors (Lipinski definition) is 0. The number of nitro benzene ring substituents is 1. The molecule has 0 radical (unpaired) electrons. The van der Waals surface area contributed by atoms with Crippen LogP contribution in [0.1, 0.15) is 36.8 Å². The van der Waals surface area contributed by atoms with Gasteiger partial charge in [0.1, 0.15) is 17.2 Å². The van der Waals surface area contributed by atoms with Gasteiger partial charge in [0.2, 0.25) is 0 Å². The minimum absolute atomic E-state index is 0.0247. The molecule has 2 bridgehead atoms. The lowest BCUT2D eigenvalue weighted by Gasteiger charge is -2.30. The van der Waals surface area contributed by atoms with Crippen molar-refractivity contribution in [1.29, 1.82) is 0 Å². The molecule has 1 saturated heterocycles. The van der Waals surface area contributed by atoms with Crippen LogP contribution in [-0.2, 0) is 9.59 Å². The fourth-order valence-corrected chi connectivity index (χ4v) is 8.64. The number of nitro groups is 1. The van der Waals surface area contributed by atoms with Crippen LogP contribution in [0.4, 0.5) is 5.69 Å². The number of thiophene rings is 1. The Bertz CT molecular complexity index is 1610. The monoisotopic (exact) mass is 729 g/mol. The number of hydrogen-bond acceptors (Lipinski definition) is 9. The first kappa shape index (κ1) is 29.3. The summed E-state index contributed by atoms with van der Waals surface area (Å²) in [4.78, 5) is 77.9. The van der Waals surface area contributed by atoms with Crippen LogP contribution in [0.3, 0.4) is 0 Å². The molecule has 3 amide bonds. The third-order valence-electron chi connectivity index (χ3n) is 8.17. The van der Waals surface area contributed by atoms with Gasteiger partial charge in [0.25, 0.3) is 23.4 Å². The number of imide groups is 1. The molecule has 3 aromatic rings. The molecule has 1 aliphatic heterocycles. The summed E-state index contributed by atoms with van der Waals surface area (Å²) in [7, 11) is 0. The van der Waals surface area contributed by atoms with E-state index in [-0.39, 0.29) is 44.1 Å². The molecule has 3 fully saturated rings. The lowest BCUT2D eigenvalue weighted by atomic mass is 9.81. The zero-order valence-electron chi connectivity index (χ0n) is 22.0.